The zero-order chi connectivity index (χ0) is 18.4. The lowest BCUT2D eigenvalue weighted by atomic mass is 10.1. The van der Waals surface area contributed by atoms with Crippen molar-refractivity contribution in [2.24, 2.45) is 14.1 Å². The highest BCUT2D eigenvalue weighted by Gasteiger charge is 2.20. The van der Waals surface area contributed by atoms with E-state index >= 15 is 0 Å². The smallest absolute Gasteiger partial charge is 0.331 e. The molecule has 3 aromatic heterocycles. The largest absolute Gasteiger partial charge is 0.348 e. The fourth-order valence-corrected chi connectivity index (χ4v) is 4.16. The van der Waals surface area contributed by atoms with Gasteiger partial charge in [0.15, 0.2) is 11.2 Å². The third kappa shape index (κ3) is 1.57. The molecule has 27 heavy (non-hydrogen) atoms. The molecule has 6 aromatic rings. The number of rotatable bonds is 0. The molecule has 0 amide bonds. The maximum Gasteiger partial charge on any atom is 0.331 e. The van der Waals surface area contributed by atoms with E-state index in [9.17, 15) is 9.59 Å². The molecule has 130 valence electrons. The van der Waals surface area contributed by atoms with Gasteiger partial charge in [-0.25, -0.2) is 14.8 Å². The van der Waals surface area contributed by atoms with Crippen molar-refractivity contribution in [3.05, 3.63) is 57.2 Å². The summed E-state index contributed by atoms with van der Waals surface area (Å²) in [5, 5.41) is 4.41. The maximum absolute atomic E-state index is 12.5. The van der Waals surface area contributed by atoms with Crippen LogP contribution in [-0.2, 0) is 14.1 Å². The zero-order valence-corrected chi connectivity index (χ0v) is 14.6. The number of fused-ring (bicyclic) bond motifs is 6. The number of nitrogens with zero attached hydrogens (tertiary/aromatic N) is 4. The van der Waals surface area contributed by atoms with Gasteiger partial charge in [0.2, 0.25) is 0 Å². The van der Waals surface area contributed by atoms with E-state index in [2.05, 4.69) is 28.2 Å². The summed E-state index contributed by atoms with van der Waals surface area (Å²) in [4.78, 5) is 37.5. The first-order valence-corrected chi connectivity index (χ1v) is 8.58. The number of H-pyrrole nitrogens is 1. The molecule has 7 nitrogen and oxygen atoms in total. The lowest BCUT2D eigenvalue weighted by Gasteiger charge is -2.03. The summed E-state index contributed by atoms with van der Waals surface area (Å²) in [7, 11) is 3.10. The molecule has 0 bridgehead atoms. The first-order valence-electron chi connectivity index (χ1n) is 8.58. The average Bonchev–Trinajstić information content (AvgIpc) is 3.21. The third-order valence-electron chi connectivity index (χ3n) is 5.45. The molecule has 0 saturated carbocycles. The monoisotopic (exact) mass is 355 g/mol. The molecule has 0 fully saturated rings. The normalized spacial score (nSPS) is 12.4. The van der Waals surface area contributed by atoms with Crippen molar-refractivity contribution in [3.63, 3.8) is 0 Å². The number of hydrogen-bond acceptors (Lipinski definition) is 4. The van der Waals surface area contributed by atoms with Crippen LogP contribution in [0.25, 0.3) is 54.8 Å². The summed E-state index contributed by atoms with van der Waals surface area (Å²) < 4.78 is 2.51. The van der Waals surface area contributed by atoms with Gasteiger partial charge in [-0.15, -0.1) is 0 Å². The van der Waals surface area contributed by atoms with Crippen molar-refractivity contribution < 1.29 is 0 Å². The molecule has 0 radical (unpaired) electrons. The molecule has 7 heteroatoms. The fraction of sp³-hybridized carbons (Fsp3) is 0.100. The number of aromatic amines is 1. The minimum atomic E-state index is -0.415. The van der Waals surface area contributed by atoms with E-state index in [1.165, 1.54) is 11.6 Å². The summed E-state index contributed by atoms with van der Waals surface area (Å²) in [6.45, 7) is 0. The van der Waals surface area contributed by atoms with Crippen molar-refractivity contribution >= 4 is 54.8 Å². The van der Waals surface area contributed by atoms with Crippen LogP contribution in [0.15, 0.2) is 46.0 Å². The lowest BCUT2D eigenvalue weighted by Crippen LogP contribution is -2.36. The van der Waals surface area contributed by atoms with Gasteiger partial charge in [0.25, 0.3) is 5.56 Å². The van der Waals surface area contributed by atoms with Crippen LogP contribution in [-0.4, -0.2) is 24.1 Å². The molecule has 3 heterocycles. The van der Waals surface area contributed by atoms with Gasteiger partial charge >= 0.3 is 5.69 Å². The van der Waals surface area contributed by atoms with Crippen LogP contribution in [0.4, 0.5) is 0 Å². The van der Waals surface area contributed by atoms with Gasteiger partial charge in [-0.05, 0) is 5.39 Å². The summed E-state index contributed by atoms with van der Waals surface area (Å²) in [6.07, 6.45) is 0. The van der Waals surface area contributed by atoms with Gasteiger partial charge < -0.3 is 4.98 Å². The molecular formula is C20H13N5O2. The lowest BCUT2D eigenvalue weighted by molar-refractivity contribution is 0.713. The number of nitrogens with one attached hydrogen (secondary N) is 1. The Balaban J connectivity index is 1.95. The Morgan fingerprint density at radius 3 is 2.33 bits per heavy atom. The van der Waals surface area contributed by atoms with Crippen LogP contribution in [0.1, 0.15) is 0 Å². The van der Waals surface area contributed by atoms with Crippen molar-refractivity contribution in [1.82, 2.24) is 24.1 Å². The Morgan fingerprint density at radius 2 is 1.56 bits per heavy atom. The van der Waals surface area contributed by atoms with Crippen molar-refractivity contribution in [2.45, 2.75) is 0 Å². The Morgan fingerprint density at radius 1 is 0.852 bits per heavy atom. The second-order valence-corrected chi connectivity index (χ2v) is 6.88. The fourth-order valence-electron chi connectivity index (χ4n) is 4.16. The van der Waals surface area contributed by atoms with E-state index in [0.717, 1.165) is 37.1 Å². The van der Waals surface area contributed by atoms with Crippen LogP contribution in [0, 0.1) is 0 Å². The van der Waals surface area contributed by atoms with Gasteiger partial charge in [-0.3, -0.25) is 13.9 Å². The average molecular weight is 355 g/mol. The molecule has 6 rings (SSSR count). The van der Waals surface area contributed by atoms with Gasteiger partial charge in [0.1, 0.15) is 11.0 Å². The highest BCUT2D eigenvalue weighted by molar-refractivity contribution is 6.28. The van der Waals surface area contributed by atoms with E-state index in [1.807, 2.05) is 18.2 Å². The van der Waals surface area contributed by atoms with E-state index in [0.29, 0.717) is 16.7 Å². The summed E-state index contributed by atoms with van der Waals surface area (Å²) >= 11 is 0. The van der Waals surface area contributed by atoms with Gasteiger partial charge in [-0.2, -0.15) is 0 Å². The standard InChI is InChI=1S/C20H13N5O2/c1-24-17-15-18(23-16(17)19(26)25(2)20(24)27)22-14-11-8-4-6-9-5-3-7-10(12(9)11)13(14)21-15/h3-8,21H,1-2H3. The SMILES string of the molecule is Cn1c(=O)c2nc3nc4c5cccc6cccc(c4[nH]c3c2n(C)c1=O)c65. The number of aromatic nitrogens is 5. The van der Waals surface area contributed by atoms with Gasteiger partial charge in [0, 0.05) is 30.3 Å². The Hall–Kier alpha value is -3.74. The molecule has 0 saturated heterocycles. The van der Waals surface area contributed by atoms with Crippen molar-refractivity contribution in [2.75, 3.05) is 0 Å². The molecular weight excluding hydrogens is 342 g/mol. The highest BCUT2D eigenvalue weighted by Crippen LogP contribution is 2.37. The first kappa shape index (κ1) is 14.4. The van der Waals surface area contributed by atoms with E-state index in [1.54, 1.807) is 7.05 Å². The molecule has 0 unspecified atom stereocenters. The predicted molar refractivity (Wildman–Crippen MR) is 106 cm³/mol. The minimum Gasteiger partial charge on any atom is -0.348 e. The van der Waals surface area contributed by atoms with Crippen molar-refractivity contribution in [1.29, 1.82) is 0 Å². The molecule has 1 N–H and O–H groups in total. The molecule has 0 aliphatic rings. The van der Waals surface area contributed by atoms with Crippen LogP contribution < -0.4 is 11.2 Å². The van der Waals surface area contributed by atoms with E-state index in [4.69, 9.17) is 4.98 Å². The summed E-state index contributed by atoms with van der Waals surface area (Å²) in [6, 6.07) is 12.3. The second kappa shape index (κ2) is 4.50. The van der Waals surface area contributed by atoms with Crippen molar-refractivity contribution in [3.8, 4) is 0 Å². The molecule has 0 spiro atoms. The molecule has 0 aliphatic carbocycles. The quantitative estimate of drug-likeness (QED) is 0.453. The Kier molecular flexibility index (Phi) is 2.41. The predicted octanol–water partition coefficient (Wildman–Crippen LogP) is 2.41. The summed E-state index contributed by atoms with van der Waals surface area (Å²) in [5.74, 6) is 0. The first-order chi connectivity index (χ1) is 13.1. The minimum absolute atomic E-state index is 0.244. The van der Waals surface area contributed by atoms with Crippen LogP contribution >= 0.6 is 0 Å². The Bertz CT molecular complexity index is 1680. The van der Waals surface area contributed by atoms with Gasteiger partial charge in [-0.1, -0.05) is 36.4 Å². The topological polar surface area (TPSA) is 85.6 Å². The number of aryl methyl sites for hydroxylation is 1. The van der Waals surface area contributed by atoms with Crippen LogP contribution in [0.5, 0.6) is 0 Å². The molecule has 3 aromatic carbocycles. The maximum atomic E-state index is 12.5. The molecule has 0 aliphatic heterocycles. The zero-order valence-electron chi connectivity index (χ0n) is 14.6. The number of benzene rings is 2. The number of hydrogen-bond donors (Lipinski definition) is 1. The summed E-state index contributed by atoms with van der Waals surface area (Å²) in [5.41, 5.74) is 2.67. The van der Waals surface area contributed by atoms with E-state index < -0.39 is 5.56 Å². The molecule has 0 atom stereocenters. The second-order valence-electron chi connectivity index (χ2n) is 6.88. The Labute approximate surface area is 150 Å². The van der Waals surface area contributed by atoms with Crippen LogP contribution in [0.3, 0.4) is 0 Å². The van der Waals surface area contributed by atoms with Gasteiger partial charge in [0.05, 0.1) is 11.0 Å². The highest BCUT2D eigenvalue weighted by atomic mass is 16.2. The van der Waals surface area contributed by atoms with Crippen LogP contribution in [0.2, 0.25) is 0 Å². The van der Waals surface area contributed by atoms with E-state index in [-0.39, 0.29) is 11.2 Å². The third-order valence-corrected chi connectivity index (χ3v) is 5.45.